The minimum Gasteiger partial charge on any atom is -0.366 e. The summed E-state index contributed by atoms with van der Waals surface area (Å²) in [5.41, 5.74) is 3.47. The highest BCUT2D eigenvalue weighted by atomic mass is 35.5. The molecule has 4 nitrogen and oxygen atoms in total. The lowest BCUT2D eigenvalue weighted by molar-refractivity contribution is -0.144. The monoisotopic (exact) mass is 346 g/mol. The summed E-state index contributed by atoms with van der Waals surface area (Å²) in [7, 11) is 1.84. The molecule has 1 aliphatic heterocycles. The predicted molar refractivity (Wildman–Crippen MR) is 98.2 cm³/mol. The van der Waals surface area contributed by atoms with Gasteiger partial charge in [-0.1, -0.05) is 54.6 Å². The smallest absolute Gasteiger partial charge is 0.253 e. The van der Waals surface area contributed by atoms with E-state index in [0.29, 0.717) is 19.7 Å². The highest BCUT2D eigenvalue weighted by molar-refractivity contribution is 5.85. The van der Waals surface area contributed by atoms with E-state index >= 15 is 0 Å². The lowest BCUT2D eigenvalue weighted by Gasteiger charge is -2.27. The van der Waals surface area contributed by atoms with Gasteiger partial charge >= 0.3 is 0 Å². The molecule has 0 bridgehead atoms. The number of hydrogen-bond acceptors (Lipinski definition) is 3. The van der Waals surface area contributed by atoms with Crippen molar-refractivity contribution >= 4 is 18.3 Å². The first-order valence-corrected chi connectivity index (χ1v) is 7.96. The van der Waals surface area contributed by atoms with Crippen LogP contribution in [0.4, 0.5) is 0 Å². The third-order valence-corrected chi connectivity index (χ3v) is 4.09. The Balaban J connectivity index is 0.00000208. The van der Waals surface area contributed by atoms with Gasteiger partial charge < -0.3 is 15.0 Å². The number of amides is 1. The van der Waals surface area contributed by atoms with Gasteiger partial charge in [0.15, 0.2) is 0 Å². The Hall–Kier alpha value is -1.88. The number of halogens is 1. The Morgan fingerprint density at radius 2 is 1.88 bits per heavy atom. The fraction of sp³-hybridized carbons (Fsp3) is 0.316. The van der Waals surface area contributed by atoms with Gasteiger partial charge in [-0.25, -0.2) is 0 Å². The molecule has 0 saturated carbocycles. The standard InChI is InChI=1S/C19H22N2O2.ClH/c1-21(19(22)18-13-20-11-12-23-18)14-16-9-5-6-10-17(16)15-7-3-2-4-8-15;/h2-10,18,20H,11-14H2,1H3;1H. The van der Waals surface area contributed by atoms with Crippen molar-refractivity contribution in [2.75, 3.05) is 26.7 Å². The zero-order valence-electron chi connectivity index (χ0n) is 13.8. The molecule has 1 aliphatic rings. The Labute approximate surface area is 149 Å². The van der Waals surface area contributed by atoms with Crippen LogP contribution in [-0.2, 0) is 16.1 Å². The minimum absolute atomic E-state index is 0. The SMILES string of the molecule is CN(Cc1ccccc1-c1ccccc1)C(=O)C1CNCCO1.Cl. The van der Waals surface area contributed by atoms with Crippen molar-refractivity contribution in [2.24, 2.45) is 0 Å². The van der Waals surface area contributed by atoms with Crippen LogP contribution < -0.4 is 5.32 Å². The van der Waals surface area contributed by atoms with Crippen molar-refractivity contribution in [3.63, 3.8) is 0 Å². The number of ether oxygens (including phenoxy) is 1. The molecule has 1 atom stereocenters. The average Bonchev–Trinajstić information content (AvgIpc) is 2.63. The summed E-state index contributed by atoms with van der Waals surface area (Å²) >= 11 is 0. The number of nitrogens with zero attached hydrogens (tertiary/aromatic N) is 1. The Kier molecular flexibility index (Phi) is 6.79. The second-order valence-electron chi connectivity index (χ2n) is 5.78. The second kappa shape index (κ2) is 8.83. The number of nitrogens with one attached hydrogen (secondary N) is 1. The van der Waals surface area contributed by atoms with E-state index in [9.17, 15) is 4.79 Å². The van der Waals surface area contributed by atoms with Gasteiger partial charge in [0.05, 0.1) is 6.61 Å². The molecule has 1 N–H and O–H groups in total. The molecule has 2 aromatic rings. The average molecular weight is 347 g/mol. The van der Waals surface area contributed by atoms with E-state index in [1.54, 1.807) is 4.90 Å². The summed E-state index contributed by atoms with van der Waals surface area (Å²) < 4.78 is 5.56. The van der Waals surface area contributed by atoms with Gasteiger partial charge in [-0.05, 0) is 16.7 Å². The van der Waals surface area contributed by atoms with Crippen LogP contribution in [0.1, 0.15) is 5.56 Å². The summed E-state index contributed by atoms with van der Waals surface area (Å²) in [5.74, 6) is 0.0278. The van der Waals surface area contributed by atoms with E-state index in [4.69, 9.17) is 4.74 Å². The Bertz CT molecular complexity index is 657. The number of likely N-dealkylation sites (N-methyl/N-ethyl adjacent to an activating group) is 1. The first-order valence-electron chi connectivity index (χ1n) is 7.96. The first kappa shape index (κ1) is 18.5. The van der Waals surface area contributed by atoms with Gasteiger partial charge in [0.25, 0.3) is 5.91 Å². The van der Waals surface area contributed by atoms with Crippen LogP contribution in [-0.4, -0.2) is 43.7 Å². The van der Waals surface area contributed by atoms with Crippen LogP contribution in [0.3, 0.4) is 0 Å². The molecule has 1 saturated heterocycles. The number of morpholine rings is 1. The Morgan fingerprint density at radius 3 is 2.58 bits per heavy atom. The molecule has 3 rings (SSSR count). The maximum Gasteiger partial charge on any atom is 0.253 e. The molecule has 0 radical (unpaired) electrons. The van der Waals surface area contributed by atoms with Crippen LogP contribution in [0.15, 0.2) is 54.6 Å². The molecule has 128 valence electrons. The van der Waals surface area contributed by atoms with E-state index in [1.807, 2.05) is 37.4 Å². The molecular formula is C19H23ClN2O2. The maximum absolute atomic E-state index is 12.5. The van der Waals surface area contributed by atoms with Gasteiger partial charge in [-0.15, -0.1) is 12.4 Å². The zero-order valence-corrected chi connectivity index (χ0v) is 14.6. The van der Waals surface area contributed by atoms with Crippen LogP contribution in [0.5, 0.6) is 0 Å². The molecule has 1 unspecified atom stereocenters. The molecule has 0 aliphatic carbocycles. The van der Waals surface area contributed by atoms with Gasteiger partial charge in [0.1, 0.15) is 6.10 Å². The van der Waals surface area contributed by atoms with Crippen molar-refractivity contribution in [1.82, 2.24) is 10.2 Å². The number of carbonyl (C=O) groups is 1. The molecule has 2 aromatic carbocycles. The van der Waals surface area contributed by atoms with Gasteiger partial charge in [0.2, 0.25) is 0 Å². The van der Waals surface area contributed by atoms with Crippen molar-refractivity contribution < 1.29 is 9.53 Å². The summed E-state index contributed by atoms with van der Waals surface area (Å²) in [4.78, 5) is 14.3. The number of rotatable bonds is 4. The van der Waals surface area contributed by atoms with Gasteiger partial charge in [-0.2, -0.15) is 0 Å². The van der Waals surface area contributed by atoms with Crippen molar-refractivity contribution in [3.05, 3.63) is 60.2 Å². The molecule has 0 spiro atoms. The quantitative estimate of drug-likeness (QED) is 0.925. The van der Waals surface area contributed by atoms with E-state index in [1.165, 1.54) is 5.56 Å². The predicted octanol–water partition coefficient (Wildman–Crippen LogP) is 2.72. The summed E-state index contributed by atoms with van der Waals surface area (Å²) in [5, 5.41) is 3.20. The van der Waals surface area contributed by atoms with Crippen molar-refractivity contribution in [2.45, 2.75) is 12.6 Å². The molecule has 1 heterocycles. The number of hydrogen-bond donors (Lipinski definition) is 1. The molecule has 1 fully saturated rings. The maximum atomic E-state index is 12.5. The van der Waals surface area contributed by atoms with Crippen LogP contribution in [0.25, 0.3) is 11.1 Å². The van der Waals surface area contributed by atoms with E-state index in [-0.39, 0.29) is 24.4 Å². The summed E-state index contributed by atoms with van der Waals surface area (Å²) in [6.07, 6.45) is -0.377. The van der Waals surface area contributed by atoms with Crippen molar-refractivity contribution in [1.29, 1.82) is 0 Å². The summed E-state index contributed by atoms with van der Waals surface area (Å²) in [6, 6.07) is 18.5. The lowest BCUT2D eigenvalue weighted by Crippen LogP contribution is -2.48. The topological polar surface area (TPSA) is 41.6 Å². The number of benzene rings is 2. The second-order valence-corrected chi connectivity index (χ2v) is 5.78. The van der Waals surface area contributed by atoms with E-state index in [2.05, 4.69) is 29.6 Å². The lowest BCUT2D eigenvalue weighted by atomic mass is 9.99. The highest BCUT2D eigenvalue weighted by Crippen LogP contribution is 2.24. The van der Waals surface area contributed by atoms with Crippen LogP contribution in [0, 0.1) is 0 Å². The molecule has 0 aromatic heterocycles. The fourth-order valence-electron chi connectivity index (χ4n) is 2.86. The third kappa shape index (κ3) is 4.35. The molecule has 1 amide bonds. The fourth-order valence-corrected chi connectivity index (χ4v) is 2.86. The van der Waals surface area contributed by atoms with Crippen LogP contribution >= 0.6 is 12.4 Å². The summed E-state index contributed by atoms with van der Waals surface area (Å²) in [6.45, 7) is 2.56. The molecule has 24 heavy (non-hydrogen) atoms. The Morgan fingerprint density at radius 1 is 1.17 bits per heavy atom. The zero-order chi connectivity index (χ0) is 16.1. The highest BCUT2D eigenvalue weighted by Gasteiger charge is 2.25. The largest absolute Gasteiger partial charge is 0.366 e. The first-order chi connectivity index (χ1) is 11.3. The van der Waals surface area contributed by atoms with Crippen molar-refractivity contribution in [3.8, 4) is 11.1 Å². The third-order valence-electron chi connectivity index (χ3n) is 4.09. The normalized spacial score (nSPS) is 17.0. The van der Waals surface area contributed by atoms with Gasteiger partial charge in [-0.3, -0.25) is 4.79 Å². The minimum atomic E-state index is -0.377. The molecular weight excluding hydrogens is 324 g/mol. The number of carbonyl (C=O) groups excluding carboxylic acids is 1. The van der Waals surface area contributed by atoms with E-state index in [0.717, 1.165) is 17.7 Å². The van der Waals surface area contributed by atoms with Crippen LogP contribution in [0.2, 0.25) is 0 Å². The van der Waals surface area contributed by atoms with Gasteiger partial charge in [0, 0.05) is 26.7 Å². The molecule has 5 heteroatoms. The van der Waals surface area contributed by atoms with E-state index < -0.39 is 0 Å².